The molecule has 0 spiro atoms. The topological polar surface area (TPSA) is 0 Å². The Bertz CT molecular complexity index is 313. The Morgan fingerprint density at radius 3 is 2.77 bits per heavy atom. The van der Waals surface area contributed by atoms with Crippen LogP contribution in [0.15, 0.2) is 30.4 Å². The molecule has 13 heavy (non-hydrogen) atoms. The van der Waals surface area contributed by atoms with Crippen LogP contribution >= 0.6 is 0 Å². The molecule has 0 unspecified atom stereocenters. The summed E-state index contributed by atoms with van der Waals surface area (Å²) in [6.07, 6.45) is 1.82. The number of halogens is 1. The van der Waals surface area contributed by atoms with Crippen molar-refractivity contribution in [3.05, 3.63) is 47.3 Å². The molecular formula is C12H15F. The predicted octanol–water partition coefficient (Wildman–Crippen LogP) is 3.64. The Morgan fingerprint density at radius 1 is 1.46 bits per heavy atom. The van der Waals surface area contributed by atoms with Crippen molar-refractivity contribution >= 4 is 0 Å². The van der Waals surface area contributed by atoms with Gasteiger partial charge >= 0.3 is 0 Å². The predicted molar refractivity (Wildman–Crippen MR) is 54.3 cm³/mol. The van der Waals surface area contributed by atoms with Crippen LogP contribution in [0, 0.1) is 12.7 Å². The van der Waals surface area contributed by atoms with Gasteiger partial charge in [-0.3, -0.25) is 0 Å². The number of benzene rings is 1. The van der Waals surface area contributed by atoms with Crippen LogP contribution in [0.5, 0.6) is 0 Å². The summed E-state index contributed by atoms with van der Waals surface area (Å²) in [4.78, 5) is 0. The molecule has 0 fully saturated rings. The van der Waals surface area contributed by atoms with Crippen molar-refractivity contribution in [1.82, 2.24) is 0 Å². The first-order valence-corrected chi connectivity index (χ1v) is 4.49. The number of rotatable bonds is 3. The van der Waals surface area contributed by atoms with E-state index in [-0.39, 0.29) is 5.82 Å². The SMILES string of the molecule is C=C(C)CCc1cccc(F)c1C. The second-order valence-electron chi connectivity index (χ2n) is 3.48. The molecule has 1 heteroatoms. The number of allylic oxidation sites excluding steroid dienone is 1. The maximum atomic E-state index is 13.1. The van der Waals surface area contributed by atoms with Crippen molar-refractivity contribution < 1.29 is 4.39 Å². The van der Waals surface area contributed by atoms with Crippen LogP contribution in [-0.4, -0.2) is 0 Å². The summed E-state index contributed by atoms with van der Waals surface area (Å²) in [5.74, 6) is -0.112. The first-order chi connectivity index (χ1) is 6.11. The lowest BCUT2D eigenvalue weighted by Gasteiger charge is -2.05. The van der Waals surface area contributed by atoms with Gasteiger partial charge in [0.05, 0.1) is 0 Å². The van der Waals surface area contributed by atoms with Crippen molar-refractivity contribution in [2.45, 2.75) is 26.7 Å². The highest BCUT2D eigenvalue weighted by molar-refractivity contribution is 5.27. The van der Waals surface area contributed by atoms with Gasteiger partial charge in [0.1, 0.15) is 5.82 Å². The Hall–Kier alpha value is -1.11. The number of hydrogen-bond acceptors (Lipinski definition) is 0. The molecule has 0 amide bonds. The van der Waals surface area contributed by atoms with E-state index >= 15 is 0 Å². The van der Waals surface area contributed by atoms with E-state index in [1.54, 1.807) is 6.07 Å². The molecule has 1 aromatic carbocycles. The fourth-order valence-corrected chi connectivity index (χ4v) is 1.27. The molecule has 0 aromatic heterocycles. The first-order valence-electron chi connectivity index (χ1n) is 4.49. The fourth-order valence-electron chi connectivity index (χ4n) is 1.27. The van der Waals surface area contributed by atoms with Gasteiger partial charge in [-0.25, -0.2) is 4.39 Å². The van der Waals surface area contributed by atoms with Gasteiger partial charge in [-0.15, -0.1) is 6.58 Å². The quantitative estimate of drug-likeness (QED) is 0.620. The van der Waals surface area contributed by atoms with Crippen LogP contribution < -0.4 is 0 Å². The lowest BCUT2D eigenvalue weighted by molar-refractivity contribution is 0.615. The largest absolute Gasteiger partial charge is 0.207 e. The van der Waals surface area contributed by atoms with E-state index in [0.717, 1.165) is 29.5 Å². The van der Waals surface area contributed by atoms with E-state index in [0.29, 0.717) is 0 Å². The molecule has 0 aliphatic heterocycles. The highest BCUT2D eigenvalue weighted by Gasteiger charge is 2.02. The summed E-state index contributed by atoms with van der Waals surface area (Å²) >= 11 is 0. The maximum Gasteiger partial charge on any atom is 0.126 e. The van der Waals surface area contributed by atoms with Crippen molar-refractivity contribution in [2.24, 2.45) is 0 Å². The van der Waals surface area contributed by atoms with Gasteiger partial charge in [-0.05, 0) is 43.9 Å². The lowest BCUT2D eigenvalue weighted by Crippen LogP contribution is -1.93. The molecule has 70 valence electrons. The van der Waals surface area contributed by atoms with Crippen LogP contribution in [0.2, 0.25) is 0 Å². The van der Waals surface area contributed by atoms with E-state index in [1.807, 2.05) is 19.9 Å². The van der Waals surface area contributed by atoms with E-state index in [9.17, 15) is 4.39 Å². The normalized spacial score (nSPS) is 10.1. The van der Waals surface area contributed by atoms with Gasteiger partial charge in [0.15, 0.2) is 0 Å². The number of hydrogen-bond donors (Lipinski definition) is 0. The summed E-state index contributed by atoms with van der Waals surface area (Å²) < 4.78 is 13.1. The Balaban J connectivity index is 2.77. The third-order valence-electron chi connectivity index (χ3n) is 2.20. The molecule has 0 aliphatic carbocycles. The molecule has 0 bridgehead atoms. The smallest absolute Gasteiger partial charge is 0.126 e. The van der Waals surface area contributed by atoms with Crippen LogP contribution in [-0.2, 0) is 6.42 Å². The highest BCUT2D eigenvalue weighted by Crippen LogP contribution is 2.15. The third kappa shape index (κ3) is 2.69. The third-order valence-corrected chi connectivity index (χ3v) is 2.20. The van der Waals surface area contributed by atoms with Crippen molar-refractivity contribution in [3.63, 3.8) is 0 Å². The van der Waals surface area contributed by atoms with Crippen LogP contribution in [0.3, 0.4) is 0 Å². The molecule has 0 heterocycles. The molecule has 0 nitrogen and oxygen atoms in total. The minimum Gasteiger partial charge on any atom is -0.207 e. The Labute approximate surface area is 79.1 Å². The summed E-state index contributed by atoms with van der Waals surface area (Å²) in [6.45, 7) is 7.65. The van der Waals surface area contributed by atoms with Gasteiger partial charge in [0.25, 0.3) is 0 Å². The van der Waals surface area contributed by atoms with Crippen LogP contribution in [0.4, 0.5) is 4.39 Å². The average molecular weight is 178 g/mol. The zero-order valence-corrected chi connectivity index (χ0v) is 8.23. The second-order valence-corrected chi connectivity index (χ2v) is 3.48. The average Bonchev–Trinajstić information content (AvgIpc) is 2.07. The molecule has 0 N–H and O–H groups in total. The fraction of sp³-hybridized carbons (Fsp3) is 0.333. The van der Waals surface area contributed by atoms with E-state index in [2.05, 4.69) is 6.58 Å². The number of aryl methyl sites for hydroxylation is 1. The van der Waals surface area contributed by atoms with E-state index in [1.165, 1.54) is 6.07 Å². The standard InChI is InChI=1S/C12H15F/c1-9(2)7-8-11-5-4-6-12(13)10(11)3/h4-6H,1,7-8H2,2-3H3. The molecule has 1 rings (SSSR count). The summed E-state index contributed by atoms with van der Waals surface area (Å²) in [6, 6.07) is 5.23. The van der Waals surface area contributed by atoms with Crippen molar-refractivity contribution in [1.29, 1.82) is 0 Å². The van der Waals surface area contributed by atoms with Crippen LogP contribution in [0.25, 0.3) is 0 Å². The molecule has 0 radical (unpaired) electrons. The zero-order valence-electron chi connectivity index (χ0n) is 8.23. The lowest BCUT2D eigenvalue weighted by atomic mass is 10.0. The van der Waals surface area contributed by atoms with E-state index in [4.69, 9.17) is 0 Å². The summed E-state index contributed by atoms with van der Waals surface area (Å²) in [5.41, 5.74) is 3.00. The molecular weight excluding hydrogens is 163 g/mol. The van der Waals surface area contributed by atoms with Crippen molar-refractivity contribution in [2.75, 3.05) is 0 Å². The Morgan fingerprint density at radius 2 is 2.15 bits per heavy atom. The van der Waals surface area contributed by atoms with E-state index < -0.39 is 0 Å². The summed E-state index contributed by atoms with van der Waals surface area (Å²) in [7, 11) is 0. The van der Waals surface area contributed by atoms with Crippen molar-refractivity contribution in [3.8, 4) is 0 Å². The maximum absolute atomic E-state index is 13.1. The molecule has 0 aliphatic rings. The minimum atomic E-state index is -0.112. The van der Waals surface area contributed by atoms with Crippen LogP contribution in [0.1, 0.15) is 24.5 Å². The zero-order chi connectivity index (χ0) is 9.84. The first kappa shape index (κ1) is 9.97. The van der Waals surface area contributed by atoms with Gasteiger partial charge < -0.3 is 0 Å². The summed E-state index contributed by atoms with van der Waals surface area (Å²) in [5, 5.41) is 0. The van der Waals surface area contributed by atoms with Gasteiger partial charge in [-0.2, -0.15) is 0 Å². The van der Waals surface area contributed by atoms with Gasteiger partial charge in [0, 0.05) is 0 Å². The highest BCUT2D eigenvalue weighted by atomic mass is 19.1. The monoisotopic (exact) mass is 178 g/mol. The molecule has 1 aromatic rings. The molecule has 0 atom stereocenters. The van der Waals surface area contributed by atoms with Gasteiger partial charge in [0.2, 0.25) is 0 Å². The minimum absolute atomic E-state index is 0.112. The molecule has 0 saturated heterocycles. The van der Waals surface area contributed by atoms with Gasteiger partial charge in [-0.1, -0.05) is 17.7 Å². The molecule has 0 saturated carbocycles. The second kappa shape index (κ2) is 4.22. The Kier molecular flexibility index (Phi) is 3.24.